The quantitative estimate of drug-likeness (QED) is 0.376. The monoisotopic (exact) mass is 263 g/mol. The minimum Gasteiger partial charge on any atom is -0.409 e. The Morgan fingerprint density at radius 1 is 1.53 bits per heavy atom. The van der Waals surface area contributed by atoms with E-state index in [-0.39, 0.29) is 5.84 Å². The lowest BCUT2D eigenvalue weighted by molar-refractivity contribution is 0.0216. The molecule has 0 radical (unpaired) electrons. The highest BCUT2D eigenvalue weighted by molar-refractivity contribution is 5.97. The van der Waals surface area contributed by atoms with Gasteiger partial charge in [0.1, 0.15) is 0 Å². The van der Waals surface area contributed by atoms with Crippen molar-refractivity contribution in [1.82, 2.24) is 0 Å². The second-order valence-electron chi connectivity index (χ2n) is 4.90. The molecular weight excluding hydrogens is 242 g/mol. The number of amidine groups is 1. The van der Waals surface area contributed by atoms with Crippen molar-refractivity contribution in [3.63, 3.8) is 0 Å². The first-order valence-corrected chi connectivity index (χ1v) is 6.61. The molecule has 1 saturated heterocycles. The Labute approximate surface area is 113 Å². The van der Waals surface area contributed by atoms with E-state index >= 15 is 0 Å². The number of benzene rings is 1. The SMILES string of the molecule is CN(CC1CCCCO1)c1cccc(C(N)=NO)c1. The number of ether oxygens (including phenoxy) is 1. The van der Waals surface area contributed by atoms with Crippen molar-refractivity contribution in [2.45, 2.75) is 25.4 Å². The predicted octanol–water partition coefficient (Wildman–Crippen LogP) is 1.79. The molecule has 19 heavy (non-hydrogen) atoms. The van der Waals surface area contributed by atoms with Crippen LogP contribution in [0.25, 0.3) is 0 Å². The lowest BCUT2D eigenvalue weighted by Gasteiger charge is -2.28. The van der Waals surface area contributed by atoms with Crippen LogP contribution in [-0.4, -0.2) is 37.3 Å². The van der Waals surface area contributed by atoms with E-state index in [4.69, 9.17) is 15.7 Å². The van der Waals surface area contributed by atoms with Gasteiger partial charge in [-0.15, -0.1) is 0 Å². The Morgan fingerprint density at radius 2 is 2.37 bits per heavy atom. The third-order valence-corrected chi connectivity index (χ3v) is 3.44. The molecule has 0 saturated carbocycles. The fourth-order valence-electron chi connectivity index (χ4n) is 2.32. The van der Waals surface area contributed by atoms with Crippen LogP contribution >= 0.6 is 0 Å². The van der Waals surface area contributed by atoms with Gasteiger partial charge in [-0.05, 0) is 31.4 Å². The number of nitrogens with zero attached hydrogens (tertiary/aromatic N) is 2. The van der Waals surface area contributed by atoms with Gasteiger partial charge in [-0.3, -0.25) is 0 Å². The van der Waals surface area contributed by atoms with E-state index in [2.05, 4.69) is 10.1 Å². The first kappa shape index (κ1) is 13.7. The third-order valence-electron chi connectivity index (χ3n) is 3.44. The summed E-state index contributed by atoms with van der Waals surface area (Å²) in [5.41, 5.74) is 7.36. The molecule has 5 nitrogen and oxygen atoms in total. The molecule has 1 heterocycles. The van der Waals surface area contributed by atoms with Crippen LogP contribution in [0.3, 0.4) is 0 Å². The lowest BCUT2D eigenvalue weighted by atomic mass is 10.1. The molecule has 0 spiro atoms. The highest BCUT2D eigenvalue weighted by Gasteiger charge is 2.16. The molecule has 3 N–H and O–H groups in total. The number of hydrogen-bond acceptors (Lipinski definition) is 4. The summed E-state index contributed by atoms with van der Waals surface area (Å²) in [6.45, 7) is 1.72. The third kappa shape index (κ3) is 3.61. The van der Waals surface area contributed by atoms with Gasteiger partial charge in [0.15, 0.2) is 5.84 Å². The summed E-state index contributed by atoms with van der Waals surface area (Å²) in [4.78, 5) is 2.14. The van der Waals surface area contributed by atoms with Crippen molar-refractivity contribution in [3.05, 3.63) is 29.8 Å². The van der Waals surface area contributed by atoms with Crippen molar-refractivity contribution < 1.29 is 9.94 Å². The van der Waals surface area contributed by atoms with E-state index < -0.39 is 0 Å². The second kappa shape index (κ2) is 6.43. The van der Waals surface area contributed by atoms with E-state index in [0.29, 0.717) is 6.10 Å². The smallest absolute Gasteiger partial charge is 0.170 e. The molecule has 1 aliphatic rings. The number of anilines is 1. The molecule has 0 bridgehead atoms. The maximum absolute atomic E-state index is 8.71. The largest absolute Gasteiger partial charge is 0.409 e. The summed E-state index contributed by atoms with van der Waals surface area (Å²) in [5.74, 6) is 0.129. The topological polar surface area (TPSA) is 71.1 Å². The van der Waals surface area contributed by atoms with Gasteiger partial charge in [-0.1, -0.05) is 17.3 Å². The number of rotatable bonds is 4. The minimum absolute atomic E-state index is 0.129. The summed E-state index contributed by atoms with van der Waals surface area (Å²) < 4.78 is 5.74. The molecule has 0 aromatic heterocycles. The number of likely N-dealkylation sites (N-methyl/N-ethyl adjacent to an activating group) is 1. The van der Waals surface area contributed by atoms with Crippen LogP contribution in [0.15, 0.2) is 29.4 Å². The second-order valence-corrected chi connectivity index (χ2v) is 4.90. The molecule has 0 amide bonds. The average Bonchev–Trinajstić information content (AvgIpc) is 2.47. The van der Waals surface area contributed by atoms with E-state index in [1.807, 2.05) is 31.3 Å². The van der Waals surface area contributed by atoms with Crippen molar-refractivity contribution in [3.8, 4) is 0 Å². The van der Waals surface area contributed by atoms with Gasteiger partial charge in [0.05, 0.1) is 6.10 Å². The fraction of sp³-hybridized carbons (Fsp3) is 0.500. The Balaban J connectivity index is 2.03. The van der Waals surface area contributed by atoms with Crippen LogP contribution in [0.5, 0.6) is 0 Å². The summed E-state index contributed by atoms with van der Waals surface area (Å²) in [6, 6.07) is 7.65. The highest BCUT2D eigenvalue weighted by atomic mass is 16.5. The highest BCUT2D eigenvalue weighted by Crippen LogP contribution is 2.19. The summed E-state index contributed by atoms with van der Waals surface area (Å²) in [6.07, 6.45) is 3.82. The first-order chi connectivity index (χ1) is 9.20. The van der Waals surface area contributed by atoms with Gasteiger partial charge in [0, 0.05) is 31.5 Å². The Hall–Kier alpha value is -1.75. The predicted molar refractivity (Wildman–Crippen MR) is 75.8 cm³/mol. The standard InChI is InChI=1S/C14H21N3O2/c1-17(10-13-7-2-3-8-19-13)12-6-4-5-11(9-12)14(15)16-18/h4-6,9,13,18H,2-3,7-8,10H2,1H3,(H2,15,16). The zero-order chi connectivity index (χ0) is 13.7. The molecule has 1 fully saturated rings. The number of hydrogen-bond donors (Lipinski definition) is 2. The van der Waals surface area contributed by atoms with Gasteiger partial charge in [-0.25, -0.2) is 0 Å². The lowest BCUT2D eigenvalue weighted by Crippen LogP contribution is -2.33. The van der Waals surface area contributed by atoms with Crippen LogP contribution in [0.2, 0.25) is 0 Å². The maximum atomic E-state index is 8.71. The van der Waals surface area contributed by atoms with E-state index in [1.54, 1.807) is 0 Å². The molecule has 1 atom stereocenters. The normalized spacial score (nSPS) is 20.3. The van der Waals surface area contributed by atoms with Crippen LogP contribution in [0.4, 0.5) is 5.69 Å². The Kier molecular flexibility index (Phi) is 4.63. The summed E-state index contributed by atoms with van der Waals surface area (Å²) >= 11 is 0. The molecular formula is C14H21N3O2. The van der Waals surface area contributed by atoms with E-state index in [9.17, 15) is 0 Å². The fourth-order valence-corrected chi connectivity index (χ4v) is 2.32. The van der Waals surface area contributed by atoms with Crippen molar-refractivity contribution in [1.29, 1.82) is 0 Å². The zero-order valence-corrected chi connectivity index (χ0v) is 11.2. The molecule has 5 heteroatoms. The molecule has 1 aromatic rings. The maximum Gasteiger partial charge on any atom is 0.170 e. The Bertz CT molecular complexity index is 442. The van der Waals surface area contributed by atoms with E-state index in [1.165, 1.54) is 12.8 Å². The number of oxime groups is 1. The molecule has 1 aromatic carbocycles. The average molecular weight is 263 g/mol. The van der Waals surface area contributed by atoms with E-state index in [0.717, 1.165) is 30.8 Å². The zero-order valence-electron chi connectivity index (χ0n) is 11.2. The van der Waals surface area contributed by atoms with Crippen molar-refractivity contribution in [2.75, 3.05) is 25.1 Å². The Morgan fingerprint density at radius 3 is 3.05 bits per heavy atom. The molecule has 0 aliphatic carbocycles. The molecule has 2 rings (SSSR count). The van der Waals surface area contributed by atoms with Crippen LogP contribution < -0.4 is 10.6 Å². The molecule has 104 valence electrons. The van der Waals surface area contributed by atoms with Crippen molar-refractivity contribution in [2.24, 2.45) is 10.9 Å². The molecule has 1 unspecified atom stereocenters. The van der Waals surface area contributed by atoms with Gasteiger partial charge < -0.3 is 20.6 Å². The number of nitrogens with two attached hydrogens (primary N) is 1. The van der Waals surface area contributed by atoms with Crippen molar-refractivity contribution >= 4 is 11.5 Å². The minimum atomic E-state index is 0.129. The van der Waals surface area contributed by atoms with Crippen LogP contribution in [0, 0.1) is 0 Å². The van der Waals surface area contributed by atoms with Crippen LogP contribution in [0.1, 0.15) is 24.8 Å². The summed E-state index contributed by atoms with van der Waals surface area (Å²) in [7, 11) is 2.03. The van der Waals surface area contributed by atoms with Gasteiger partial charge in [0.2, 0.25) is 0 Å². The van der Waals surface area contributed by atoms with Crippen LogP contribution in [-0.2, 0) is 4.74 Å². The van der Waals surface area contributed by atoms with Gasteiger partial charge in [0.25, 0.3) is 0 Å². The van der Waals surface area contributed by atoms with Gasteiger partial charge >= 0.3 is 0 Å². The summed E-state index contributed by atoms with van der Waals surface area (Å²) in [5, 5.41) is 11.7. The first-order valence-electron chi connectivity index (χ1n) is 6.61. The van der Waals surface area contributed by atoms with Gasteiger partial charge in [-0.2, -0.15) is 0 Å². The molecule has 1 aliphatic heterocycles.